The van der Waals surface area contributed by atoms with Crippen LogP contribution in [0.15, 0.2) is 54.6 Å². The third-order valence-electron chi connectivity index (χ3n) is 5.61. The van der Waals surface area contributed by atoms with Gasteiger partial charge in [0.15, 0.2) is 11.5 Å². The number of benzene rings is 3. The highest BCUT2D eigenvalue weighted by Crippen LogP contribution is 2.49. The van der Waals surface area contributed by atoms with Crippen LogP contribution < -0.4 is 24.3 Å². The van der Waals surface area contributed by atoms with Gasteiger partial charge in [-0.05, 0) is 54.8 Å². The van der Waals surface area contributed by atoms with Crippen LogP contribution in [0.1, 0.15) is 39.6 Å². The molecule has 0 spiro atoms. The molecule has 0 fully saturated rings. The van der Waals surface area contributed by atoms with Crippen LogP contribution in [0.2, 0.25) is 0 Å². The fourth-order valence-corrected chi connectivity index (χ4v) is 3.97. The van der Waals surface area contributed by atoms with Gasteiger partial charge in [0.25, 0.3) is 5.91 Å². The molecule has 0 bridgehead atoms. The molecule has 1 N–H and O–H groups in total. The maximum Gasteiger partial charge on any atom is 0.255 e. The van der Waals surface area contributed by atoms with Crippen molar-refractivity contribution < 1.29 is 23.7 Å². The molecular weight excluding hydrogens is 420 g/mol. The summed E-state index contributed by atoms with van der Waals surface area (Å²) >= 11 is 0. The number of anilines is 1. The molecule has 0 saturated heterocycles. The summed E-state index contributed by atoms with van der Waals surface area (Å²) in [5.74, 6) is 2.13. The molecule has 7 nitrogen and oxygen atoms in total. The smallest absolute Gasteiger partial charge is 0.255 e. The monoisotopic (exact) mass is 444 g/mol. The van der Waals surface area contributed by atoms with Crippen LogP contribution >= 0.6 is 0 Å². The van der Waals surface area contributed by atoms with Crippen LogP contribution in [-0.2, 0) is 6.42 Å². The molecule has 1 heterocycles. The summed E-state index contributed by atoms with van der Waals surface area (Å²) in [6.07, 6.45) is 1.23. The number of carbonyl (C=O) groups is 1. The summed E-state index contributed by atoms with van der Waals surface area (Å²) < 4.78 is 22.8. The molecule has 1 aliphatic heterocycles. The second-order valence-corrected chi connectivity index (χ2v) is 7.54. The standard InChI is InChI=1S/C26H24N2O5/c1-30-23-14-22-20(24(31-2)25(23)32-3)11-12-21(33-22)17-5-4-6-18(13-17)26(29)28-19-9-7-16(15-27)8-10-19/h4-10,13-14,21H,11-12H2,1-3H3,(H,28,29). The van der Waals surface area contributed by atoms with Crippen molar-refractivity contribution in [3.05, 3.63) is 76.9 Å². The Bertz CT molecular complexity index is 1210. The van der Waals surface area contributed by atoms with E-state index < -0.39 is 0 Å². The van der Waals surface area contributed by atoms with Gasteiger partial charge in [0.2, 0.25) is 5.75 Å². The molecule has 7 heteroatoms. The Morgan fingerprint density at radius 1 is 1.03 bits per heavy atom. The largest absolute Gasteiger partial charge is 0.493 e. The van der Waals surface area contributed by atoms with Gasteiger partial charge in [-0.25, -0.2) is 0 Å². The fraction of sp³-hybridized carbons (Fsp3) is 0.231. The van der Waals surface area contributed by atoms with Crippen molar-refractivity contribution in [2.45, 2.75) is 18.9 Å². The lowest BCUT2D eigenvalue weighted by atomic mass is 9.95. The number of ether oxygens (including phenoxy) is 4. The van der Waals surface area contributed by atoms with Gasteiger partial charge in [-0.2, -0.15) is 5.26 Å². The van der Waals surface area contributed by atoms with E-state index in [1.54, 1.807) is 51.7 Å². The van der Waals surface area contributed by atoms with Crippen LogP contribution in [0, 0.1) is 11.3 Å². The van der Waals surface area contributed by atoms with E-state index in [2.05, 4.69) is 11.4 Å². The van der Waals surface area contributed by atoms with Gasteiger partial charge < -0.3 is 24.3 Å². The SMILES string of the molecule is COc1cc2c(c(OC)c1OC)CCC(c1cccc(C(=O)Nc3ccc(C#N)cc3)c1)O2. The van der Waals surface area contributed by atoms with Crippen molar-refractivity contribution in [1.29, 1.82) is 5.26 Å². The lowest BCUT2D eigenvalue weighted by Crippen LogP contribution is -2.18. The molecule has 1 atom stereocenters. The molecule has 1 aliphatic rings. The van der Waals surface area contributed by atoms with E-state index in [4.69, 9.17) is 24.2 Å². The minimum atomic E-state index is -0.231. The van der Waals surface area contributed by atoms with Gasteiger partial charge >= 0.3 is 0 Å². The van der Waals surface area contributed by atoms with Gasteiger partial charge in [0, 0.05) is 22.9 Å². The Morgan fingerprint density at radius 2 is 1.79 bits per heavy atom. The zero-order valence-corrected chi connectivity index (χ0v) is 18.7. The van der Waals surface area contributed by atoms with E-state index in [0.29, 0.717) is 39.8 Å². The van der Waals surface area contributed by atoms with Crippen molar-refractivity contribution in [1.82, 2.24) is 0 Å². The van der Waals surface area contributed by atoms with Crippen LogP contribution in [0.25, 0.3) is 0 Å². The Labute approximate surface area is 192 Å². The van der Waals surface area contributed by atoms with E-state index >= 15 is 0 Å². The maximum atomic E-state index is 12.8. The molecular formula is C26H24N2O5. The molecule has 0 aliphatic carbocycles. The Kier molecular flexibility index (Phi) is 6.36. The fourth-order valence-electron chi connectivity index (χ4n) is 3.97. The second kappa shape index (κ2) is 9.53. The highest BCUT2D eigenvalue weighted by Gasteiger charge is 2.29. The van der Waals surface area contributed by atoms with Crippen molar-refractivity contribution in [3.63, 3.8) is 0 Å². The van der Waals surface area contributed by atoms with E-state index in [1.165, 1.54) is 0 Å². The Hall–Kier alpha value is -4.18. The van der Waals surface area contributed by atoms with Crippen LogP contribution in [0.5, 0.6) is 23.0 Å². The van der Waals surface area contributed by atoms with E-state index in [-0.39, 0.29) is 12.0 Å². The summed E-state index contributed by atoms with van der Waals surface area (Å²) in [4.78, 5) is 12.8. The van der Waals surface area contributed by atoms with Crippen molar-refractivity contribution in [2.24, 2.45) is 0 Å². The summed E-state index contributed by atoms with van der Waals surface area (Å²) in [7, 11) is 4.74. The van der Waals surface area contributed by atoms with Crippen LogP contribution in [-0.4, -0.2) is 27.2 Å². The maximum absolute atomic E-state index is 12.8. The number of fused-ring (bicyclic) bond motifs is 1. The van der Waals surface area contributed by atoms with Crippen molar-refractivity contribution >= 4 is 11.6 Å². The first-order valence-corrected chi connectivity index (χ1v) is 10.5. The third-order valence-corrected chi connectivity index (χ3v) is 5.61. The van der Waals surface area contributed by atoms with Gasteiger partial charge in [-0.1, -0.05) is 12.1 Å². The molecule has 4 rings (SSSR count). The minimum Gasteiger partial charge on any atom is -0.493 e. The topological polar surface area (TPSA) is 89.8 Å². The number of nitrogens with one attached hydrogen (secondary N) is 1. The highest BCUT2D eigenvalue weighted by atomic mass is 16.5. The predicted octanol–water partition coefficient (Wildman–Crippen LogP) is 4.90. The third kappa shape index (κ3) is 4.41. The molecule has 0 radical (unpaired) electrons. The number of nitrogens with zero attached hydrogens (tertiary/aromatic N) is 1. The highest BCUT2D eigenvalue weighted by molar-refractivity contribution is 6.04. The molecule has 3 aromatic carbocycles. The second-order valence-electron chi connectivity index (χ2n) is 7.54. The van der Waals surface area contributed by atoms with Gasteiger partial charge in [-0.3, -0.25) is 4.79 Å². The average Bonchev–Trinajstić information content (AvgIpc) is 2.87. The van der Waals surface area contributed by atoms with Crippen molar-refractivity contribution in [2.75, 3.05) is 26.6 Å². The Balaban J connectivity index is 1.56. The zero-order valence-electron chi connectivity index (χ0n) is 18.7. The summed E-state index contributed by atoms with van der Waals surface area (Å²) in [5, 5.41) is 11.8. The first kappa shape index (κ1) is 22.0. The quantitative estimate of drug-likeness (QED) is 0.582. The van der Waals surface area contributed by atoms with Gasteiger partial charge in [0.1, 0.15) is 11.9 Å². The summed E-state index contributed by atoms with van der Waals surface area (Å²) in [5.41, 5.74) is 3.52. The number of nitriles is 1. The van der Waals surface area contributed by atoms with Crippen LogP contribution in [0.3, 0.4) is 0 Å². The van der Waals surface area contributed by atoms with Gasteiger partial charge in [0.05, 0.1) is 33.0 Å². The minimum absolute atomic E-state index is 0.219. The normalized spacial score (nSPS) is 14.3. The number of methoxy groups -OCH3 is 3. The molecule has 3 aromatic rings. The first-order chi connectivity index (χ1) is 16.1. The molecule has 33 heavy (non-hydrogen) atoms. The number of hydrogen-bond acceptors (Lipinski definition) is 6. The number of carbonyl (C=O) groups excluding carboxylic acids is 1. The number of hydrogen-bond donors (Lipinski definition) is 1. The van der Waals surface area contributed by atoms with E-state index in [0.717, 1.165) is 24.0 Å². The molecule has 0 saturated carbocycles. The molecule has 0 aromatic heterocycles. The molecule has 168 valence electrons. The average molecular weight is 444 g/mol. The zero-order chi connectivity index (χ0) is 23.4. The number of amides is 1. The first-order valence-electron chi connectivity index (χ1n) is 10.5. The lowest BCUT2D eigenvalue weighted by molar-refractivity contribution is 0.102. The predicted molar refractivity (Wildman–Crippen MR) is 123 cm³/mol. The molecule has 1 amide bonds. The molecule has 1 unspecified atom stereocenters. The van der Waals surface area contributed by atoms with Crippen molar-refractivity contribution in [3.8, 4) is 29.1 Å². The van der Waals surface area contributed by atoms with Crippen LogP contribution in [0.4, 0.5) is 5.69 Å². The Morgan fingerprint density at radius 3 is 2.45 bits per heavy atom. The number of rotatable bonds is 6. The van der Waals surface area contributed by atoms with Gasteiger partial charge in [-0.15, -0.1) is 0 Å². The lowest BCUT2D eigenvalue weighted by Gasteiger charge is -2.29. The summed E-state index contributed by atoms with van der Waals surface area (Å²) in [6, 6.07) is 18.0. The summed E-state index contributed by atoms with van der Waals surface area (Å²) in [6.45, 7) is 0. The van der Waals surface area contributed by atoms with E-state index in [9.17, 15) is 4.79 Å². The van der Waals surface area contributed by atoms with E-state index in [1.807, 2.05) is 24.3 Å².